The van der Waals surface area contributed by atoms with Crippen LogP contribution in [0.3, 0.4) is 0 Å². The third-order valence-corrected chi connectivity index (χ3v) is 16.1. The van der Waals surface area contributed by atoms with Crippen LogP contribution in [0.2, 0.25) is 0 Å². The highest BCUT2D eigenvalue weighted by Crippen LogP contribution is 2.19. The van der Waals surface area contributed by atoms with Gasteiger partial charge in [0.15, 0.2) is 0 Å². The van der Waals surface area contributed by atoms with Crippen LogP contribution >= 0.6 is 0 Å². The lowest BCUT2D eigenvalue weighted by Gasteiger charge is -2.20. The number of carbonyl (C=O) groups excluding carboxylic acids is 2. The first-order valence-electron chi connectivity index (χ1n) is 34.0. The Bertz CT molecular complexity index is 1110. The van der Waals surface area contributed by atoms with Crippen molar-refractivity contribution in [3.63, 3.8) is 0 Å². The van der Waals surface area contributed by atoms with Crippen molar-refractivity contribution in [3.8, 4) is 0 Å². The van der Waals surface area contributed by atoms with Crippen molar-refractivity contribution in [1.29, 1.82) is 0 Å². The molecule has 0 saturated heterocycles. The highest BCUT2D eigenvalue weighted by atomic mass is 16.5. The molecule has 0 heterocycles. The van der Waals surface area contributed by atoms with E-state index in [-0.39, 0.29) is 18.5 Å². The van der Waals surface area contributed by atoms with Crippen LogP contribution in [-0.2, 0) is 14.3 Å². The van der Waals surface area contributed by atoms with Crippen LogP contribution in [0.15, 0.2) is 12.2 Å². The van der Waals surface area contributed by atoms with Crippen LogP contribution in [0, 0.1) is 0 Å². The van der Waals surface area contributed by atoms with Gasteiger partial charge in [-0.25, -0.2) is 0 Å². The normalized spacial score (nSPS) is 12.5. The number of aliphatic hydroxyl groups is 2. The number of unbranched alkanes of at least 4 members (excludes halogenated alkanes) is 53. The van der Waals surface area contributed by atoms with E-state index in [2.05, 4.69) is 19.2 Å². The highest BCUT2D eigenvalue weighted by Gasteiger charge is 2.18. The fourth-order valence-corrected chi connectivity index (χ4v) is 10.9. The maximum atomic E-state index is 12.5. The maximum absolute atomic E-state index is 12.5. The predicted octanol–water partition coefficient (Wildman–Crippen LogP) is 21.6. The van der Waals surface area contributed by atoms with Crippen molar-refractivity contribution in [1.82, 2.24) is 5.32 Å². The number of rotatable bonds is 64. The summed E-state index contributed by atoms with van der Waals surface area (Å²) in [5.74, 6) is -0.0542. The summed E-state index contributed by atoms with van der Waals surface area (Å²) in [7, 11) is 0. The van der Waals surface area contributed by atoms with Gasteiger partial charge in [-0.3, -0.25) is 9.59 Å². The van der Waals surface area contributed by atoms with E-state index in [1.165, 1.54) is 321 Å². The zero-order valence-electron chi connectivity index (χ0n) is 50.4. The summed E-state index contributed by atoms with van der Waals surface area (Å²) in [5.41, 5.74) is 0. The van der Waals surface area contributed by atoms with Gasteiger partial charge in [0.2, 0.25) is 5.91 Å². The molecule has 0 saturated carbocycles. The summed E-state index contributed by atoms with van der Waals surface area (Å²) in [6.45, 7) is 4.94. The Hall–Kier alpha value is -1.40. The Balaban J connectivity index is 3.42. The fourth-order valence-electron chi connectivity index (χ4n) is 10.9. The molecule has 2 atom stereocenters. The van der Waals surface area contributed by atoms with Crippen molar-refractivity contribution < 1.29 is 24.5 Å². The summed E-state index contributed by atoms with van der Waals surface area (Å²) in [6, 6.07) is -0.631. The minimum atomic E-state index is -0.847. The number of hydrogen-bond donors (Lipinski definition) is 3. The molecule has 0 rings (SSSR count). The summed E-state index contributed by atoms with van der Waals surface area (Å²) in [5, 5.41) is 23.3. The van der Waals surface area contributed by atoms with E-state index >= 15 is 0 Å². The van der Waals surface area contributed by atoms with Gasteiger partial charge in [-0.05, 0) is 32.1 Å². The van der Waals surface area contributed by atoms with Gasteiger partial charge in [0.1, 0.15) is 0 Å². The molecule has 3 N–H and O–H groups in total. The van der Waals surface area contributed by atoms with Gasteiger partial charge >= 0.3 is 5.97 Å². The summed E-state index contributed by atoms with van der Waals surface area (Å²) < 4.78 is 5.49. The van der Waals surface area contributed by atoms with Crippen LogP contribution in [0.1, 0.15) is 386 Å². The first-order chi connectivity index (χ1) is 36.5. The lowest BCUT2D eigenvalue weighted by molar-refractivity contribution is -0.143. The molecule has 0 spiro atoms. The van der Waals surface area contributed by atoms with Crippen LogP contribution in [0.4, 0.5) is 0 Å². The molecular formula is C68H133NO5. The molecule has 0 aromatic rings. The van der Waals surface area contributed by atoms with E-state index in [4.69, 9.17) is 4.74 Å². The number of esters is 1. The Morgan fingerprint density at radius 3 is 0.919 bits per heavy atom. The summed E-state index contributed by atoms with van der Waals surface area (Å²) >= 11 is 0. The number of ether oxygens (including phenoxy) is 1. The van der Waals surface area contributed by atoms with E-state index in [0.717, 1.165) is 38.5 Å². The third-order valence-electron chi connectivity index (χ3n) is 16.1. The van der Waals surface area contributed by atoms with Gasteiger partial charge in [-0.1, -0.05) is 353 Å². The van der Waals surface area contributed by atoms with Crippen LogP contribution in [-0.4, -0.2) is 47.4 Å². The van der Waals surface area contributed by atoms with E-state index in [0.29, 0.717) is 19.4 Å². The monoisotopic (exact) mass is 1040 g/mol. The van der Waals surface area contributed by atoms with E-state index in [9.17, 15) is 19.8 Å². The SMILES string of the molecule is CCCCCCCCCCCCCCCCCCCCCCCC/C=C/C(O)C(CO)NC(=O)CCCCCCCCCCCCCCCCCCCCCOC(=O)CCCCCCCCCCCCCCCC. The molecule has 74 heavy (non-hydrogen) atoms. The van der Waals surface area contributed by atoms with Crippen molar-refractivity contribution in [2.24, 2.45) is 0 Å². The van der Waals surface area contributed by atoms with Crippen molar-refractivity contribution in [3.05, 3.63) is 12.2 Å². The lowest BCUT2D eigenvalue weighted by Crippen LogP contribution is -2.45. The average Bonchev–Trinajstić information content (AvgIpc) is 3.40. The van der Waals surface area contributed by atoms with Gasteiger partial charge in [0.25, 0.3) is 0 Å². The van der Waals surface area contributed by atoms with E-state index in [1.54, 1.807) is 6.08 Å². The maximum Gasteiger partial charge on any atom is 0.305 e. The molecule has 0 aliphatic heterocycles. The van der Waals surface area contributed by atoms with Crippen molar-refractivity contribution in [2.45, 2.75) is 398 Å². The van der Waals surface area contributed by atoms with Crippen LogP contribution in [0.25, 0.3) is 0 Å². The first-order valence-corrected chi connectivity index (χ1v) is 34.0. The fraction of sp³-hybridized carbons (Fsp3) is 0.941. The van der Waals surface area contributed by atoms with Crippen molar-refractivity contribution in [2.75, 3.05) is 13.2 Å². The molecule has 0 aliphatic carbocycles. The molecule has 2 unspecified atom stereocenters. The molecule has 0 aromatic heterocycles. The minimum Gasteiger partial charge on any atom is -0.466 e. The number of amides is 1. The Labute approximate surface area is 463 Å². The number of allylic oxidation sites excluding steroid dienone is 1. The number of aliphatic hydroxyl groups excluding tert-OH is 2. The third kappa shape index (κ3) is 59.8. The Morgan fingerprint density at radius 2 is 0.622 bits per heavy atom. The number of carbonyl (C=O) groups is 2. The molecule has 440 valence electrons. The van der Waals surface area contributed by atoms with E-state index < -0.39 is 12.1 Å². The second-order valence-corrected chi connectivity index (χ2v) is 23.5. The lowest BCUT2D eigenvalue weighted by atomic mass is 10.0. The van der Waals surface area contributed by atoms with E-state index in [1.807, 2.05) is 6.08 Å². The Morgan fingerprint density at radius 1 is 0.365 bits per heavy atom. The summed E-state index contributed by atoms with van der Waals surface area (Å²) in [6.07, 6.45) is 78.4. The molecule has 0 aromatic carbocycles. The van der Waals surface area contributed by atoms with Gasteiger partial charge < -0.3 is 20.3 Å². The van der Waals surface area contributed by atoms with Gasteiger partial charge in [-0.15, -0.1) is 0 Å². The molecule has 0 bridgehead atoms. The quantitative estimate of drug-likeness (QED) is 0.0320. The largest absolute Gasteiger partial charge is 0.466 e. The standard InChI is InChI=1S/C68H133NO5/c1-3-5-7-9-11-13-15-17-19-20-21-22-23-24-25-27-30-33-36-40-44-48-52-56-60-66(71)65(64-70)69-67(72)61-57-53-49-45-41-37-34-31-28-26-29-32-35-39-43-47-51-55-59-63-74-68(73)62-58-54-50-46-42-38-18-16-14-12-10-8-6-4-2/h56,60,65-66,70-71H,3-55,57-59,61-64H2,1-2H3,(H,69,72)/b60-56+. The summed E-state index contributed by atoms with van der Waals surface area (Å²) in [4.78, 5) is 24.6. The van der Waals surface area contributed by atoms with Gasteiger partial charge in [0, 0.05) is 12.8 Å². The van der Waals surface area contributed by atoms with Crippen molar-refractivity contribution >= 4 is 11.9 Å². The average molecular weight is 1040 g/mol. The molecule has 6 heteroatoms. The number of hydrogen-bond acceptors (Lipinski definition) is 5. The zero-order valence-corrected chi connectivity index (χ0v) is 50.4. The molecule has 0 aliphatic rings. The van der Waals surface area contributed by atoms with Crippen LogP contribution in [0.5, 0.6) is 0 Å². The second kappa shape index (κ2) is 64.1. The predicted molar refractivity (Wildman–Crippen MR) is 324 cm³/mol. The minimum absolute atomic E-state index is 0.0118. The van der Waals surface area contributed by atoms with Gasteiger partial charge in [-0.2, -0.15) is 0 Å². The smallest absolute Gasteiger partial charge is 0.305 e. The second-order valence-electron chi connectivity index (χ2n) is 23.5. The Kier molecular flexibility index (Phi) is 62.9. The topological polar surface area (TPSA) is 95.9 Å². The first kappa shape index (κ1) is 72.6. The molecule has 0 fully saturated rings. The highest BCUT2D eigenvalue weighted by molar-refractivity contribution is 5.76. The molecule has 1 amide bonds. The molecule has 6 nitrogen and oxygen atoms in total. The number of nitrogens with one attached hydrogen (secondary N) is 1. The van der Waals surface area contributed by atoms with Crippen LogP contribution < -0.4 is 5.32 Å². The van der Waals surface area contributed by atoms with Gasteiger partial charge in [0.05, 0.1) is 25.4 Å². The zero-order chi connectivity index (χ0) is 53.6. The molecule has 0 radical (unpaired) electrons. The molecular weight excluding hydrogens is 911 g/mol.